The van der Waals surface area contributed by atoms with Gasteiger partial charge in [0.05, 0.1) is 5.69 Å². The maximum atomic E-state index is 8.84. The highest BCUT2D eigenvalue weighted by Crippen LogP contribution is 2.34. The average molecular weight is 249 g/mol. The number of anilines is 1. The van der Waals surface area contributed by atoms with Crippen molar-refractivity contribution in [2.75, 3.05) is 5.73 Å². The van der Waals surface area contributed by atoms with Crippen molar-refractivity contribution in [1.29, 1.82) is 5.26 Å². The number of nitriles is 1. The Labute approximate surface area is 103 Å². The Bertz CT molecular complexity index is 581. The maximum Gasteiger partial charge on any atom is 0.128 e. The molecule has 0 unspecified atom stereocenters. The van der Waals surface area contributed by atoms with E-state index < -0.39 is 0 Å². The van der Waals surface area contributed by atoms with E-state index in [-0.39, 0.29) is 0 Å². The molecule has 0 saturated heterocycles. The predicted molar refractivity (Wildman–Crippen MR) is 68.6 cm³/mol. The van der Waals surface area contributed by atoms with E-state index in [4.69, 9.17) is 22.6 Å². The summed E-state index contributed by atoms with van der Waals surface area (Å²) < 4.78 is 0. The van der Waals surface area contributed by atoms with Crippen LogP contribution < -0.4 is 5.73 Å². The second kappa shape index (κ2) is 4.17. The Kier molecular flexibility index (Phi) is 2.86. The Morgan fingerprint density at radius 3 is 2.69 bits per heavy atom. The van der Waals surface area contributed by atoms with Gasteiger partial charge in [-0.25, -0.2) is 0 Å². The van der Waals surface area contributed by atoms with Gasteiger partial charge in [-0.15, -0.1) is 11.3 Å². The van der Waals surface area contributed by atoms with Crippen molar-refractivity contribution in [2.45, 2.75) is 6.92 Å². The van der Waals surface area contributed by atoms with Gasteiger partial charge in [0, 0.05) is 9.90 Å². The van der Waals surface area contributed by atoms with Crippen molar-refractivity contribution in [3.8, 4) is 16.5 Å². The lowest BCUT2D eigenvalue weighted by molar-refractivity contribution is 1.47. The summed E-state index contributed by atoms with van der Waals surface area (Å²) in [7, 11) is 0. The van der Waals surface area contributed by atoms with Crippen molar-refractivity contribution in [3.63, 3.8) is 0 Å². The van der Waals surface area contributed by atoms with E-state index in [1.54, 1.807) is 0 Å². The number of hydrogen-bond acceptors (Lipinski definition) is 3. The summed E-state index contributed by atoms with van der Waals surface area (Å²) in [4.78, 5) is 1.55. The molecule has 0 spiro atoms. The van der Waals surface area contributed by atoms with Crippen LogP contribution in [0.15, 0.2) is 24.3 Å². The van der Waals surface area contributed by atoms with Gasteiger partial charge < -0.3 is 5.73 Å². The SMILES string of the molecule is Cc1cc(-c2cc(N)c(C#N)s2)ccc1Cl. The highest BCUT2D eigenvalue weighted by atomic mass is 35.5. The molecule has 0 fully saturated rings. The number of benzene rings is 1. The lowest BCUT2D eigenvalue weighted by Gasteiger charge is -2.01. The zero-order valence-electron chi connectivity index (χ0n) is 8.62. The first kappa shape index (κ1) is 11.0. The molecule has 0 aliphatic carbocycles. The highest BCUT2D eigenvalue weighted by Gasteiger charge is 2.08. The summed E-state index contributed by atoms with van der Waals surface area (Å²) in [5.74, 6) is 0. The molecule has 2 nitrogen and oxygen atoms in total. The molecule has 0 radical (unpaired) electrons. The van der Waals surface area contributed by atoms with E-state index in [1.807, 2.05) is 31.2 Å². The zero-order valence-corrected chi connectivity index (χ0v) is 10.2. The number of nitrogens with two attached hydrogens (primary N) is 1. The van der Waals surface area contributed by atoms with E-state index in [9.17, 15) is 0 Å². The number of rotatable bonds is 1. The minimum Gasteiger partial charge on any atom is -0.397 e. The summed E-state index contributed by atoms with van der Waals surface area (Å²) in [5.41, 5.74) is 8.32. The lowest BCUT2D eigenvalue weighted by atomic mass is 10.1. The first-order valence-electron chi connectivity index (χ1n) is 4.67. The molecule has 2 N–H and O–H groups in total. The standard InChI is InChI=1S/C12H9ClN2S/c1-7-4-8(2-3-9(7)13)11-5-10(15)12(6-14)16-11/h2-5H,15H2,1H3. The molecule has 1 heterocycles. The molecule has 2 rings (SSSR count). The van der Waals surface area contributed by atoms with Crippen LogP contribution in [-0.2, 0) is 0 Å². The molecule has 0 amide bonds. The second-order valence-electron chi connectivity index (χ2n) is 3.47. The number of nitrogen functional groups attached to an aromatic ring is 1. The molecular formula is C12H9ClN2S. The maximum absolute atomic E-state index is 8.84. The fourth-order valence-electron chi connectivity index (χ4n) is 1.43. The smallest absolute Gasteiger partial charge is 0.128 e. The minimum absolute atomic E-state index is 0.537. The Morgan fingerprint density at radius 1 is 1.38 bits per heavy atom. The molecule has 1 aromatic heterocycles. The monoisotopic (exact) mass is 248 g/mol. The molecule has 4 heteroatoms. The highest BCUT2D eigenvalue weighted by molar-refractivity contribution is 7.16. The summed E-state index contributed by atoms with van der Waals surface area (Å²) in [5, 5.41) is 9.58. The summed E-state index contributed by atoms with van der Waals surface area (Å²) in [6.07, 6.45) is 0. The van der Waals surface area contributed by atoms with Crippen molar-refractivity contribution < 1.29 is 0 Å². The van der Waals surface area contributed by atoms with E-state index in [0.29, 0.717) is 10.6 Å². The average Bonchev–Trinajstić information content (AvgIpc) is 2.64. The first-order valence-corrected chi connectivity index (χ1v) is 5.87. The van der Waals surface area contributed by atoms with Crippen LogP contribution in [0.5, 0.6) is 0 Å². The Balaban J connectivity index is 2.51. The van der Waals surface area contributed by atoms with Crippen LogP contribution >= 0.6 is 22.9 Å². The van der Waals surface area contributed by atoms with Crippen LogP contribution in [0.3, 0.4) is 0 Å². The molecule has 16 heavy (non-hydrogen) atoms. The van der Waals surface area contributed by atoms with Crippen LogP contribution in [0.2, 0.25) is 5.02 Å². The molecule has 1 aromatic carbocycles. The third-order valence-electron chi connectivity index (χ3n) is 2.30. The quantitative estimate of drug-likeness (QED) is 0.834. The van der Waals surface area contributed by atoms with E-state index in [0.717, 1.165) is 21.0 Å². The van der Waals surface area contributed by atoms with Gasteiger partial charge in [-0.2, -0.15) is 5.26 Å². The van der Waals surface area contributed by atoms with Crippen molar-refractivity contribution >= 4 is 28.6 Å². The Morgan fingerprint density at radius 2 is 2.12 bits per heavy atom. The molecule has 0 atom stereocenters. The van der Waals surface area contributed by atoms with Crippen LogP contribution in [0.1, 0.15) is 10.4 Å². The molecule has 0 aliphatic heterocycles. The fourth-order valence-corrected chi connectivity index (χ4v) is 2.42. The third kappa shape index (κ3) is 1.90. The van der Waals surface area contributed by atoms with Crippen LogP contribution in [0.4, 0.5) is 5.69 Å². The first-order chi connectivity index (χ1) is 7.61. The molecular weight excluding hydrogens is 240 g/mol. The zero-order chi connectivity index (χ0) is 11.7. The van der Waals surface area contributed by atoms with E-state index in [2.05, 4.69) is 6.07 Å². The molecule has 0 bridgehead atoms. The summed E-state index contributed by atoms with van der Waals surface area (Å²) in [6.45, 7) is 1.95. The number of nitrogens with zero attached hydrogens (tertiary/aromatic N) is 1. The molecule has 0 aliphatic rings. The molecule has 80 valence electrons. The van der Waals surface area contributed by atoms with Gasteiger partial charge in [-0.3, -0.25) is 0 Å². The summed E-state index contributed by atoms with van der Waals surface area (Å²) >= 11 is 7.36. The summed E-state index contributed by atoms with van der Waals surface area (Å²) in [6, 6.07) is 9.69. The van der Waals surface area contributed by atoms with E-state index in [1.165, 1.54) is 11.3 Å². The molecule has 0 saturated carbocycles. The van der Waals surface area contributed by atoms with Gasteiger partial charge in [-0.1, -0.05) is 17.7 Å². The third-order valence-corrected chi connectivity index (χ3v) is 3.83. The van der Waals surface area contributed by atoms with Crippen LogP contribution in [-0.4, -0.2) is 0 Å². The van der Waals surface area contributed by atoms with Gasteiger partial charge in [0.25, 0.3) is 0 Å². The number of thiophene rings is 1. The fraction of sp³-hybridized carbons (Fsp3) is 0.0833. The normalized spacial score (nSPS) is 10.1. The van der Waals surface area contributed by atoms with Gasteiger partial charge in [0.2, 0.25) is 0 Å². The van der Waals surface area contributed by atoms with Gasteiger partial charge in [0.15, 0.2) is 0 Å². The van der Waals surface area contributed by atoms with Crippen LogP contribution in [0, 0.1) is 18.3 Å². The topological polar surface area (TPSA) is 49.8 Å². The number of halogens is 1. The van der Waals surface area contributed by atoms with Gasteiger partial charge in [-0.05, 0) is 36.2 Å². The van der Waals surface area contributed by atoms with E-state index >= 15 is 0 Å². The Hall–Kier alpha value is -1.50. The van der Waals surface area contributed by atoms with Crippen molar-refractivity contribution in [2.24, 2.45) is 0 Å². The van der Waals surface area contributed by atoms with Gasteiger partial charge >= 0.3 is 0 Å². The van der Waals surface area contributed by atoms with Gasteiger partial charge in [0.1, 0.15) is 10.9 Å². The van der Waals surface area contributed by atoms with Crippen molar-refractivity contribution in [3.05, 3.63) is 39.7 Å². The van der Waals surface area contributed by atoms with Crippen molar-refractivity contribution in [1.82, 2.24) is 0 Å². The number of aryl methyl sites for hydroxylation is 1. The second-order valence-corrected chi connectivity index (χ2v) is 4.93. The van der Waals surface area contributed by atoms with Crippen LogP contribution in [0.25, 0.3) is 10.4 Å². The number of hydrogen-bond donors (Lipinski definition) is 1. The minimum atomic E-state index is 0.537. The largest absolute Gasteiger partial charge is 0.397 e. The molecule has 2 aromatic rings. The lowest BCUT2D eigenvalue weighted by Crippen LogP contribution is -1.81. The predicted octanol–water partition coefficient (Wildman–Crippen LogP) is 3.83.